The van der Waals surface area contributed by atoms with E-state index in [0.29, 0.717) is 0 Å². The van der Waals surface area contributed by atoms with Gasteiger partial charge in [-0.1, -0.05) is 90.2 Å². The Hall–Kier alpha value is -0.520. The molecule has 0 N–H and O–H groups in total. The highest BCUT2D eigenvalue weighted by atomic mass is 14.0. The van der Waals surface area contributed by atoms with E-state index in [1.807, 2.05) is 12.2 Å². The summed E-state index contributed by atoms with van der Waals surface area (Å²) >= 11 is 0. The van der Waals surface area contributed by atoms with E-state index < -0.39 is 0 Å². The van der Waals surface area contributed by atoms with Gasteiger partial charge in [0.25, 0.3) is 0 Å². The maximum atomic E-state index is 3.72. The number of unbranched alkanes of at least 4 members (excludes halogenated alkanes) is 12. The van der Waals surface area contributed by atoms with Gasteiger partial charge in [0.15, 0.2) is 0 Å². The first-order valence-electron chi connectivity index (χ1n) is 9.05. The smallest absolute Gasteiger partial charge is 0.0353 e. The van der Waals surface area contributed by atoms with Crippen LogP contribution in [-0.4, -0.2) is 0 Å². The Morgan fingerprint density at radius 2 is 0.800 bits per heavy atom. The summed E-state index contributed by atoms with van der Waals surface area (Å²) in [4.78, 5) is 0. The van der Waals surface area contributed by atoms with E-state index in [-0.39, 0.29) is 0 Å². The summed E-state index contributed by atoms with van der Waals surface area (Å²) in [6.45, 7) is 11.9. The second-order valence-corrected chi connectivity index (χ2v) is 5.69. The van der Waals surface area contributed by atoms with Crippen molar-refractivity contribution in [2.75, 3.05) is 0 Å². The van der Waals surface area contributed by atoms with E-state index in [4.69, 9.17) is 0 Å². The van der Waals surface area contributed by atoms with Crippen molar-refractivity contribution < 1.29 is 0 Å². The SMILES string of the molecule is C=CCCCCCC.C=CCCCCCCCCCC. The lowest BCUT2D eigenvalue weighted by molar-refractivity contribution is 0.578. The van der Waals surface area contributed by atoms with Crippen LogP contribution < -0.4 is 0 Å². The van der Waals surface area contributed by atoms with E-state index >= 15 is 0 Å². The number of hydrogen-bond donors (Lipinski definition) is 0. The summed E-state index contributed by atoms with van der Waals surface area (Å²) in [5.41, 5.74) is 0. The fraction of sp³-hybridized carbons (Fsp3) is 0.800. The Morgan fingerprint density at radius 1 is 0.500 bits per heavy atom. The van der Waals surface area contributed by atoms with E-state index in [0.717, 1.165) is 0 Å². The molecule has 0 saturated carbocycles. The summed E-state index contributed by atoms with van der Waals surface area (Å²) < 4.78 is 0. The van der Waals surface area contributed by atoms with E-state index in [9.17, 15) is 0 Å². The summed E-state index contributed by atoms with van der Waals surface area (Å²) in [6, 6.07) is 0. The molecule has 0 bridgehead atoms. The molecule has 0 aromatic rings. The zero-order chi connectivity index (χ0) is 15.3. The molecule has 20 heavy (non-hydrogen) atoms. The molecule has 0 heterocycles. The summed E-state index contributed by atoms with van der Waals surface area (Å²) in [7, 11) is 0. The molecule has 0 atom stereocenters. The molecule has 0 aromatic carbocycles. The fourth-order valence-electron chi connectivity index (χ4n) is 2.14. The van der Waals surface area contributed by atoms with Crippen LogP contribution in [0.3, 0.4) is 0 Å². The third-order valence-corrected chi connectivity index (χ3v) is 3.52. The lowest BCUT2D eigenvalue weighted by Crippen LogP contribution is -1.79. The van der Waals surface area contributed by atoms with Gasteiger partial charge in [-0.25, -0.2) is 0 Å². The molecule has 0 saturated heterocycles. The van der Waals surface area contributed by atoms with Gasteiger partial charge in [0.1, 0.15) is 0 Å². The van der Waals surface area contributed by atoms with Crippen LogP contribution in [0.2, 0.25) is 0 Å². The summed E-state index contributed by atoms with van der Waals surface area (Å²) in [5.74, 6) is 0. The molecule has 0 spiro atoms. The van der Waals surface area contributed by atoms with Crippen LogP contribution in [0.25, 0.3) is 0 Å². The first-order valence-corrected chi connectivity index (χ1v) is 9.05. The minimum Gasteiger partial charge on any atom is -0.103 e. The van der Waals surface area contributed by atoms with Crippen LogP contribution >= 0.6 is 0 Å². The van der Waals surface area contributed by atoms with Gasteiger partial charge in [-0.3, -0.25) is 0 Å². The fourth-order valence-corrected chi connectivity index (χ4v) is 2.14. The van der Waals surface area contributed by atoms with Gasteiger partial charge in [0.05, 0.1) is 0 Å². The maximum Gasteiger partial charge on any atom is -0.0353 e. The van der Waals surface area contributed by atoms with Crippen LogP contribution in [0.4, 0.5) is 0 Å². The molecule has 0 aliphatic carbocycles. The van der Waals surface area contributed by atoms with Crippen molar-refractivity contribution in [2.24, 2.45) is 0 Å². The van der Waals surface area contributed by atoms with Crippen LogP contribution in [0.15, 0.2) is 25.3 Å². The standard InChI is InChI=1S/C12H24.C8H16/c1-3-5-7-9-11-12-10-8-6-4-2;1-3-5-7-8-6-4-2/h3H,1,4-12H2,2H3;3H,1,4-8H2,2H3. The predicted molar refractivity (Wildman–Crippen MR) is 96.4 cm³/mol. The minimum absolute atomic E-state index is 1.19. The average molecular weight is 281 g/mol. The summed E-state index contributed by atoms with van der Waals surface area (Å²) in [6.07, 6.45) is 23.1. The second-order valence-electron chi connectivity index (χ2n) is 5.69. The van der Waals surface area contributed by atoms with Gasteiger partial charge < -0.3 is 0 Å². The van der Waals surface area contributed by atoms with Gasteiger partial charge >= 0.3 is 0 Å². The van der Waals surface area contributed by atoms with Crippen LogP contribution in [-0.2, 0) is 0 Å². The molecule has 0 unspecified atom stereocenters. The molecule has 0 aromatic heterocycles. The quantitative estimate of drug-likeness (QED) is 0.224. The van der Waals surface area contributed by atoms with Crippen molar-refractivity contribution >= 4 is 0 Å². The monoisotopic (exact) mass is 280 g/mol. The molecular formula is C20H40. The largest absolute Gasteiger partial charge is 0.103 e. The second kappa shape index (κ2) is 23.6. The van der Waals surface area contributed by atoms with Crippen molar-refractivity contribution in [3.8, 4) is 0 Å². The molecular weight excluding hydrogens is 240 g/mol. The van der Waals surface area contributed by atoms with E-state index in [2.05, 4.69) is 27.0 Å². The summed E-state index contributed by atoms with van der Waals surface area (Å²) in [5, 5.41) is 0. The van der Waals surface area contributed by atoms with Crippen molar-refractivity contribution in [2.45, 2.75) is 104 Å². The van der Waals surface area contributed by atoms with Crippen molar-refractivity contribution in [3.63, 3.8) is 0 Å². The number of hydrogen-bond acceptors (Lipinski definition) is 0. The maximum absolute atomic E-state index is 3.72. The first-order chi connectivity index (χ1) is 9.83. The predicted octanol–water partition coefficient (Wildman–Crippen LogP) is 7.85. The van der Waals surface area contributed by atoms with Crippen molar-refractivity contribution in [1.82, 2.24) is 0 Å². The highest BCUT2D eigenvalue weighted by Crippen LogP contribution is 2.09. The van der Waals surface area contributed by atoms with E-state index in [1.165, 1.54) is 89.9 Å². The molecule has 120 valence electrons. The van der Waals surface area contributed by atoms with Gasteiger partial charge in [0.2, 0.25) is 0 Å². The van der Waals surface area contributed by atoms with Gasteiger partial charge in [0, 0.05) is 0 Å². The molecule has 0 rings (SSSR count). The highest BCUT2D eigenvalue weighted by Gasteiger charge is 1.89. The number of allylic oxidation sites excluding steroid dienone is 2. The van der Waals surface area contributed by atoms with Gasteiger partial charge in [-0.2, -0.15) is 0 Å². The molecule has 0 nitrogen and oxygen atoms in total. The topological polar surface area (TPSA) is 0 Å². The highest BCUT2D eigenvalue weighted by molar-refractivity contribution is 4.65. The first kappa shape index (κ1) is 21.8. The van der Waals surface area contributed by atoms with Crippen LogP contribution in [0, 0.1) is 0 Å². The lowest BCUT2D eigenvalue weighted by atomic mass is 10.1. The molecule has 0 aliphatic heterocycles. The van der Waals surface area contributed by atoms with E-state index in [1.54, 1.807) is 0 Å². The zero-order valence-electron chi connectivity index (χ0n) is 14.5. The molecule has 0 fully saturated rings. The zero-order valence-corrected chi connectivity index (χ0v) is 14.5. The minimum atomic E-state index is 1.19. The Morgan fingerprint density at radius 3 is 1.15 bits per heavy atom. The third kappa shape index (κ3) is 26.1. The Bertz CT molecular complexity index is 169. The Balaban J connectivity index is 0. The number of rotatable bonds is 14. The normalized spacial score (nSPS) is 9.70. The molecule has 0 radical (unpaired) electrons. The Labute approximate surface area is 129 Å². The van der Waals surface area contributed by atoms with Gasteiger partial charge in [-0.15, -0.1) is 13.2 Å². The lowest BCUT2D eigenvalue weighted by Gasteiger charge is -1.99. The van der Waals surface area contributed by atoms with Crippen molar-refractivity contribution in [1.29, 1.82) is 0 Å². The molecule has 0 aliphatic rings. The average Bonchev–Trinajstić information content (AvgIpc) is 2.47. The molecule has 0 heteroatoms. The van der Waals surface area contributed by atoms with Crippen LogP contribution in [0.5, 0.6) is 0 Å². The van der Waals surface area contributed by atoms with Crippen LogP contribution in [0.1, 0.15) is 104 Å². The Kier molecular flexibility index (Phi) is 25.7. The van der Waals surface area contributed by atoms with Crippen molar-refractivity contribution in [3.05, 3.63) is 25.3 Å². The third-order valence-electron chi connectivity index (χ3n) is 3.52. The molecule has 0 amide bonds. The van der Waals surface area contributed by atoms with Gasteiger partial charge in [-0.05, 0) is 25.7 Å².